The van der Waals surface area contributed by atoms with Crippen molar-refractivity contribution in [2.24, 2.45) is 5.92 Å². The van der Waals surface area contributed by atoms with E-state index in [1.54, 1.807) is 0 Å². The Morgan fingerprint density at radius 3 is 2.84 bits per heavy atom. The van der Waals surface area contributed by atoms with Gasteiger partial charge < -0.3 is 4.74 Å². The topological polar surface area (TPSA) is 25.4 Å². The van der Waals surface area contributed by atoms with Gasteiger partial charge in [0.15, 0.2) is 0 Å². The zero-order chi connectivity index (χ0) is 13.7. The lowest BCUT2D eigenvalue weighted by molar-refractivity contribution is 0.132. The van der Waals surface area contributed by atoms with Crippen molar-refractivity contribution in [1.29, 1.82) is 0 Å². The van der Waals surface area contributed by atoms with Crippen LogP contribution in [0.3, 0.4) is 0 Å². The van der Waals surface area contributed by atoms with E-state index in [1.165, 1.54) is 37.9 Å². The van der Waals surface area contributed by atoms with Crippen molar-refractivity contribution in [3.8, 4) is 5.88 Å². The van der Waals surface area contributed by atoms with E-state index in [2.05, 4.69) is 29.8 Å². The summed E-state index contributed by atoms with van der Waals surface area (Å²) in [5.74, 6) is 1.45. The third-order valence-electron chi connectivity index (χ3n) is 3.65. The molecule has 1 aromatic rings. The van der Waals surface area contributed by atoms with Crippen LogP contribution in [0, 0.1) is 5.92 Å². The number of hydrogen-bond acceptors (Lipinski definition) is 3. The summed E-state index contributed by atoms with van der Waals surface area (Å²) in [5.41, 5.74) is 1.34. The lowest BCUT2D eigenvalue weighted by Gasteiger charge is -2.37. The third-order valence-corrected chi connectivity index (χ3v) is 3.65. The van der Waals surface area contributed by atoms with Gasteiger partial charge >= 0.3 is 0 Å². The van der Waals surface area contributed by atoms with Gasteiger partial charge in [-0.15, -0.1) is 0 Å². The molecule has 3 heteroatoms. The van der Waals surface area contributed by atoms with Crippen molar-refractivity contribution in [2.45, 2.75) is 46.1 Å². The first kappa shape index (κ1) is 14.3. The second-order valence-electron chi connectivity index (χ2n) is 5.76. The first-order chi connectivity index (χ1) is 9.20. The summed E-state index contributed by atoms with van der Waals surface area (Å²) in [5, 5.41) is 0. The van der Waals surface area contributed by atoms with Crippen LogP contribution in [0.5, 0.6) is 5.88 Å². The molecule has 0 amide bonds. The van der Waals surface area contributed by atoms with Crippen LogP contribution >= 0.6 is 0 Å². The van der Waals surface area contributed by atoms with E-state index in [0.29, 0.717) is 12.6 Å². The summed E-state index contributed by atoms with van der Waals surface area (Å²) in [6, 6.07) is 4.72. The van der Waals surface area contributed by atoms with Gasteiger partial charge in [-0.05, 0) is 37.8 Å². The third kappa shape index (κ3) is 3.93. The molecule has 2 heterocycles. The second kappa shape index (κ2) is 6.90. The van der Waals surface area contributed by atoms with Crippen LogP contribution in [0.1, 0.15) is 51.6 Å². The Bertz CT molecular complexity index is 375. The molecule has 1 atom stereocenters. The molecule has 0 bridgehead atoms. The molecule has 0 spiro atoms. The Labute approximate surface area is 117 Å². The lowest BCUT2D eigenvalue weighted by Crippen LogP contribution is -2.36. The predicted octanol–water partition coefficient (Wildman–Crippen LogP) is 3.66. The van der Waals surface area contributed by atoms with E-state index in [4.69, 9.17) is 4.74 Å². The molecule has 0 aromatic carbocycles. The molecule has 0 aliphatic carbocycles. The average molecular weight is 262 g/mol. The Hall–Kier alpha value is -1.09. The fourth-order valence-electron chi connectivity index (χ4n) is 2.88. The summed E-state index contributed by atoms with van der Waals surface area (Å²) < 4.78 is 5.41. The molecule has 1 fully saturated rings. The number of pyridine rings is 1. The highest BCUT2D eigenvalue weighted by Gasteiger charge is 2.24. The van der Waals surface area contributed by atoms with Crippen molar-refractivity contribution >= 4 is 0 Å². The predicted molar refractivity (Wildman–Crippen MR) is 78.4 cm³/mol. The minimum Gasteiger partial charge on any atom is -0.478 e. The standard InChI is InChI=1S/C16H26N2O/c1-4-19-16-9-8-14(11-17-16)15-7-5-6-10-18(15)12-13(2)3/h8-9,11,13,15H,4-7,10,12H2,1-3H3/t15-/m1/s1. The molecule has 106 valence electrons. The van der Waals surface area contributed by atoms with Crippen LogP contribution in [-0.4, -0.2) is 29.6 Å². The number of nitrogens with zero attached hydrogens (tertiary/aromatic N) is 2. The molecule has 2 rings (SSSR count). The summed E-state index contributed by atoms with van der Waals surface area (Å²) in [7, 11) is 0. The second-order valence-corrected chi connectivity index (χ2v) is 5.76. The SMILES string of the molecule is CCOc1ccc([C@H]2CCCCN2CC(C)C)cn1. The number of likely N-dealkylation sites (tertiary alicyclic amines) is 1. The molecule has 0 saturated carbocycles. The maximum Gasteiger partial charge on any atom is 0.213 e. The quantitative estimate of drug-likeness (QED) is 0.809. The summed E-state index contributed by atoms with van der Waals surface area (Å²) in [6.07, 6.45) is 5.90. The number of hydrogen-bond donors (Lipinski definition) is 0. The van der Waals surface area contributed by atoms with Crippen LogP contribution in [-0.2, 0) is 0 Å². The van der Waals surface area contributed by atoms with E-state index < -0.39 is 0 Å². The molecule has 3 nitrogen and oxygen atoms in total. The van der Waals surface area contributed by atoms with E-state index >= 15 is 0 Å². The molecule has 1 aliphatic heterocycles. The minimum atomic E-state index is 0.541. The van der Waals surface area contributed by atoms with Crippen molar-refractivity contribution in [3.63, 3.8) is 0 Å². The molecule has 0 N–H and O–H groups in total. The van der Waals surface area contributed by atoms with E-state index in [9.17, 15) is 0 Å². The monoisotopic (exact) mass is 262 g/mol. The van der Waals surface area contributed by atoms with Gasteiger partial charge in [-0.25, -0.2) is 4.98 Å². The summed E-state index contributed by atoms with van der Waals surface area (Å²) >= 11 is 0. The molecular formula is C16H26N2O. The zero-order valence-electron chi connectivity index (χ0n) is 12.4. The van der Waals surface area contributed by atoms with Gasteiger partial charge in [-0.2, -0.15) is 0 Å². The van der Waals surface area contributed by atoms with Crippen LogP contribution in [0.15, 0.2) is 18.3 Å². The normalized spacial score (nSPS) is 20.7. The van der Waals surface area contributed by atoms with Crippen molar-refractivity contribution in [2.75, 3.05) is 19.7 Å². The number of piperidine rings is 1. The maximum atomic E-state index is 5.41. The molecular weight excluding hydrogens is 236 g/mol. The van der Waals surface area contributed by atoms with Gasteiger partial charge in [0, 0.05) is 24.8 Å². The fourth-order valence-corrected chi connectivity index (χ4v) is 2.88. The number of rotatable bonds is 5. The van der Waals surface area contributed by atoms with Crippen LogP contribution < -0.4 is 4.74 Å². The van der Waals surface area contributed by atoms with Gasteiger partial charge in [0.25, 0.3) is 0 Å². The smallest absolute Gasteiger partial charge is 0.213 e. The average Bonchev–Trinajstić information content (AvgIpc) is 2.40. The van der Waals surface area contributed by atoms with E-state index in [1.807, 2.05) is 19.2 Å². The Morgan fingerprint density at radius 2 is 2.21 bits per heavy atom. The first-order valence-electron chi connectivity index (χ1n) is 7.53. The van der Waals surface area contributed by atoms with Gasteiger partial charge in [0.2, 0.25) is 5.88 Å². The molecule has 19 heavy (non-hydrogen) atoms. The molecule has 0 unspecified atom stereocenters. The Balaban J connectivity index is 2.08. The van der Waals surface area contributed by atoms with Gasteiger partial charge in [0.05, 0.1) is 6.61 Å². The molecule has 1 saturated heterocycles. The van der Waals surface area contributed by atoms with Crippen LogP contribution in [0.4, 0.5) is 0 Å². The lowest BCUT2D eigenvalue weighted by atomic mass is 9.95. The van der Waals surface area contributed by atoms with Crippen molar-refractivity contribution in [3.05, 3.63) is 23.9 Å². The molecule has 1 aromatic heterocycles. The highest BCUT2D eigenvalue weighted by Crippen LogP contribution is 2.31. The van der Waals surface area contributed by atoms with E-state index in [0.717, 1.165) is 11.8 Å². The maximum absolute atomic E-state index is 5.41. The van der Waals surface area contributed by atoms with E-state index in [-0.39, 0.29) is 0 Å². The van der Waals surface area contributed by atoms with Crippen molar-refractivity contribution < 1.29 is 4.74 Å². The summed E-state index contributed by atoms with van der Waals surface area (Å²) in [6.45, 7) is 9.65. The summed E-state index contributed by atoms with van der Waals surface area (Å²) in [4.78, 5) is 7.02. The fraction of sp³-hybridized carbons (Fsp3) is 0.688. The largest absolute Gasteiger partial charge is 0.478 e. The molecule has 0 radical (unpaired) electrons. The van der Waals surface area contributed by atoms with Crippen LogP contribution in [0.2, 0.25) is 0 Å². The Morgan fingerprint density at radius 1 is 1.37 bits per heavy atom. The van der Waals surface area contributed by atoms with Crippen LogP contribution in [0.25, 0.3) is 0 Å². The highest BCUT2D eigenvalue weighted by atomic mass is 16.5. The first-order valence-corrected chi connectivity index (χ1v) is 7.53. The minimum absolute atomic E-state index is 0.541. The van der Waals surface area contributed by atoms with Gasteiger partial charge in [-0.3, -0.25) is 4.90 Å². The van der Waals surface area contributed by atoms with Crippen molar-refractivity contribution in [1.82, 2.24) is 9.88 Å². The number of ether oxygens (including phenoxy) is 1. The number of aromatic nitrogens is 1. The Kier molecular flexibility index (Phi) is 5.20. The highest BCUT2D eigenvalue weighted by molar-refractivity contribution is 5.21. The van der Waals surface area contributed by atoms with Gasteiger partial charge in [0.1, 0.15) is 0 Å². The zero-order valence-corrected chi connectivity index (χ0v) is 12.4. The van der Waals surface area contributed by atoms with Gasteiger partial charge in [-0.1, -0.05) is 26.3 Å². The molecule has 1 aliphatic rings.